The molecule has 24 heavy (non-hydrogen) atoms. The smallest absolute Gasteiger partial charge is 0.373 e. The van der Waals surface area contributed by atoms with Gasteiger partial charge in [0.05, 0.1) is 18.4 Å². The number of ether oxygens (including phenoxy) is 1. The lowest BCUT2D eigenvalue weighted by Crippen LogP contribution is -1.97. The van der Waals surface area contributed by atoms with Crippen molar-refractivity contribution in [2.75, 3.05) is 0 Å². The van der Waals surface area contributed by atoms with Gasteiger partial charge in [-0.15, -0.1) is 0 Å². The van der Waals surface area contributed by atoms with Gasteiger partial charge >= 0.3 is 5.76 Å². The summed E-state index contributed by atoms with van der Waals surface area (Å²) in [7, 11) is 0. The number of nitrogens with zero attached hydrogens (tertiary/aromatic N) is 3. The molecule has 122 valence electrons. The molecule has 3 aromatic rings. The van der Waals surface area contributed by atoms with Crippen molar-refractivity contribution in [1.82, 2.24) is 20.1 Å². The maximum absolute atomic E-state index is 11.1. The van der Waals surface area contributed by atoms with E-state index in [1.54, 1.807) is 6.07 Å². The lowest BCUT2D eigenvalue weighted by atomic mass is 10.1. The average molecular weight is 345 g/mol. The van der Waals surface area contributed by atoms with Crippen LogP contribution in [0, 0.1) is 0 Å². The van der Waals surface area contributed by atoms with Crippen molar-refractivity contribution in [3.63, 3.8) is 0 Å². The lowest BCUT2D eigenvalue weighted by molar-refractivity contribution is 0.106. The van der Waals surface area contributed by atoms with Gasteiger partial charge in [-0.05, 0) is 30.5 Å². The number of halogens is 1. The van der Waals surface area contributed by atoms with Gasteiger partial charge in [0.15, 0.2) is 0 Å². The first-order chi connectivity index (χ1) is 11.7. The van der Waals surface area contributed by atoms with Gasteiger partial charge in [0, 0.05) is 10.6 Å². The van der Waals surface area contributed by atoms with E-state index in [0.717, 1.165) is 24.0 Å². The highest BCUT2D eigenvalue weighted by atomic mass is 35.5. The van der Waals surface area contributed by atoms with E-state index in [1.165, 1.54) is 6.33 Å². The standard InChI is InChI=1S/C16H13ClN4O3/c17-12-5-9(1-2-10(12)7-23-11-3-4-11)13-6-14(19-8-18-13)15-20-16(22)24-21-15/h1-2,5-6,8,11H,3-4,7H2,(H,20,21,22). The van der Waals surface area contributed by atoms with Crippen LogP contribution in [0.3, 0.4) is 0 Å². The molecule has 1 saturated carbocycles. The van der Waals surface area contributed by atoms with Crippen LogP contribution in [-0.2, 0) is 11.3 Å². The van der Waals surface area contributed by atoms with E-state index < -0.39 is 5.76 Å². The Labute approximate surface area is 141 Å². The Bertz CT molecular complexity index is 933. The second-order valence-corrected chi connectivity index (χ2v) is 5.96. The Kier molecular flexibility index (Phi) is 3.87. The Balaban J connectivity index is 1.61. The van der Waals surface area contributed by atoms with Gasteiger partial charge in [-0.3, -0.25) is 9.51 Å². The Morgan fingerprint density at radius 2 is 2.08 bits per heavy atom. The molecule has 0 amide bonds. The largest absolute Gasteiger partial charge is 0.439 e. The first-order valence-corrected chi connectivity index (χ1v) is 7.85. The first kappa shape index (κ1) is 15.0. The summed E-state index contributed by atoms with van der Waals surface area (Å²) >= 11 is 6.35. The zero-order valence-electron chi connectivity index (χ0n) is 12.5. The second kappa shape index (κ2) is 6.18. The molecule has 1 fully saturated rings. The molecule has 0 radical (unpaired) electrons. The molecule has 0 saturated heterocycles. The molecule has 1 aromatic carbocycles. The summed E-state index contributed by atoms with van der Waals surface area (Å²) in [6, 6.07) is 7.40. The molecular weight excluding hydrogens is 332 g/mol. The number of hydrogen-bond acceptors (Lipinski definition) is 6. The van der Waals surface area contributed by atoms with E-state index in [-0.39, 0.29) is 5.82 Å². The number of aromatic nitrogens is 4. The van der Waals surface area contributed by atoms with Crippen LogP contribution in [0.25, 0.3) is 22.8 Å². The molecule has 1 aliphatic carbocycles. The van der Waals surface area contributed by atoms with Crippen molar-refractivity contribution in [2.45, 2.75) is 25.6 Å². The van der Waals surface area contributed by atoms with Crippen molar-refractivity contribution >= 4 is 11.6 Å². The molecular formula is C16H13ClN4O3. The number of aromatic amines is 1. The predicted molar refractivity (Wildman–Crippen MR) is 86.4 cm³/mol. The molecule has 8 heteroatoms. The van der Waals surface area contributed by atoms with Gasteiger partial charge < -0.3 is 4.74 Å². The van der Waals surface area contributed by atoms with E-state index in [0.29, 0.717) is 29.1 Å². The van der Waals surface area contributed by atoms with Crippen molar-refractivity contribution < 1.29 is 9.26 Å². The third-order valence-electron chi connectivity index (χ3n) is 3.70. The van der Waals surface area contributed by atoms with Crippen LogP contribution < -0.4 is 5.76 Å². The quantitative estimate of drug-likeness (QED) is 0.764. The van der Waals surface area contributed by atoms with Crippen LogP contribution in [0.5, 0.6) is 0 Å². The van der Waals surface area contributed by atoms with E-state index in [9.17, 15) is 4.79 Å². The highest BCUT2D eigenvalue weighted by Gasteiger charge is 2.22. The van der Waals surface area contributed by atoms with Crippen LogP contribution in [0.2, 0.25) is 5.02 Å². The minimum absolute atomic E-state index is 0.254. The van der Waals surface area contributed by atoms with Crippen LogP contribution in [0.4, 0.5) is 0 Å². The van der Waals surface area contributed by atoms with Crippen LogP contribution in [0.1, 0.15) is 18.4 Å². The Morgan fingerprint density at radius 1 is 1.25 bits per heavy atom. The highest BCUT2D eigenvalue weighted by molar-refractivity contribution is 6.31. The fourth-order valence-electron chi connectivity index (χ4n) is 2.25. The zero-order chi connectivity index (χ0) is 16.5. The minimum Gasteiger partial charge on any atom is -0.373 e. The van der Waals surface area contributed by atoms with E-state index in [2.05, 4.69) is 24.6 Å². The SMILES string of the molecule is O=c1[nH]c(-c2cc(-c3ccc(COC4CC4)c(Cl)c3)ncn2)no1. The molecule has 7 nitrogen and oxygen atoms in total. The van der Waals surface area contributed by atoms with Gasteiger partial charge in [-0.2, -0.15) is 0 Å². The highest BCUT2D eigenvalue weighted by Crippen LogP contribution is 2.29. The number of rotatable bonds is 5. The van der Waals surface area contributed by atoms with Gasteiger partial charge in [0.1, 0.15) is 12.0 Å². The number of H-pyrrole nitrogens is 1. The topological polar surface area (TPSA) is 93.9 Å². The molecule has 2 aromatic heterocycles. The third kappa shape index (κ3) is 3.22. The summed E-state index contributed by atoms with van der Waals surface area (Å²) in [5, 5.41) is 4.25. The molecule has 0 atom stereocenters. The first-order valence-electron chi connectivity index (χ1n) is 7.48. The summed E-state index contributed by atoms with van der Waals surface area (Å²) < 4.78 is 10.2. The summed E-state index contributed by atoms with van der Waals surface area (Å²) in [5.74, 6) is -0.377. The summed E-state index contributed by atoms with van der Waals surface area (Å²) in [4.78, 5) is 21.8. The molecule has 0 bridgehead atoms. The Morgan fingerprint density at radius 3 is 2.79 bits per heavy atom. The molecule has 0 aliphatic heterocycles. The van der Waals surface area contributed by atoms with E-state index in [1.807, 2.05) is 18.2 Å². The molecule has 4 rings (SSSR count). The van der Waals surface area contributed by atoms with Crippen molar-refractivity contribution in [3.05, 3.63) is 51.7 Å². The van der Waals surface area contributed by atoms with Crippen LogP contribution in [-0.4, -0.2) is 26.2 Å². The molecule has 0 spiro atoms. The second-order valence-electron chi connectivity index (χ2n) is 5.55. The van der Waals surface area contributed by atoms with Crippen molar-refractivity contribution in [1.29, 1.82) is 0 Å². The lowest BCUT2D eigenvalue weighted by Gasteiger charge is -2.08. The fourth-order valence-corrected chi connectivity index (χ4v) is 2.49. The van der Waals surface area contributed by atoms with Crippen molar-refractivity contribution in [3.8, 4) is 22.8 Å². The van der Waals surface area contributed by atoms with Gasteiger partial charge in [-0.1, -0.05) is 28.9 Å². The molecule has 2 heterocycles. The van der Waals surface area contributed by atoms with Crippen LogP contribution in [0.15, 0.2) is 39.9 Å². The molecule has 0 unspecified atom stereocenters. The Hall–Kier alpha value is -2.51. The van der Waals surface area contributed by atoms with Gasteiger partial charge in [0.2, 0.25) is 5.82 Å². The number of nitrogens with one attached hydrogen (secondary N) is 1. The van der Waals surface area contributed by atoms with E-state index in [4.69, 9.17) is 16.3 Å². The summed E-state index contributed by atoms with van der Waals surface area (Å²) in [5.41, 5.74) is 2.91. The zero-order valence-corrected chi connectivity index (χ0v) is 13.3. The normalized spacial score (nSPS) is 14.0. The maximum Gasteiger partial charge on any atom is 0.439 e. The third-order valence-corrected chi connectivity index (χ3v) is 4.05. The van der Waals surface area contributed by atoms with Crippen LogP contribution >= 0.6 is 11.6 Å². The van der Waals surface area contributed by atoms with Gasteiger partial charge in [-0.25, -0.2) is 14.8 Å². The summed E-state index contributed by atoms with van der Waals surface area (Å²) in [6.45, 7) is 0.513. The molecule has 1 aliphatic rings. The predicted octanol–water partition coefficient (Wildman–Crippen LogP) is 2.82. The maximum atomic E-state index is 11.1. The fraction of sp³-hybridized carbons (Fsp3) is 0.250. The number of benzene rings is 1. The number of hydrogen-bond donors (Lipinski definition) is 1. The van der Waals surface area contributed by atoms with E-state index >= 15 is 0 Å². The minimum atomic E-state index is -0.631. The average Bonchev–Trinajstić information content (AvgIpc) is 3.33. The van der Waals surface area contributed by atoms with Gasteiger partial charge in [0.25, 0.3) is 0 Å². The summed E-state index contributed by atoms with van der Waals surface area (Å²) in [6.07, 6.45) is 4.04. The monoisotopic (exact) mass is 344 g/mol. The van der Waals surface area contributed by atoms with Crippen molar-refractivity contribution in [2.24, 2.45) is 0 Å². The molecule has 1 N–H and O–H groups in total.